The minimum Gasteiger partial charge on any atom is -0.313 e. The summed E-state index contributed by atoms with van der Waals surface area (Å²) in [6.45, 7) is 0.349. The van der Waals surface area contributed by atoms with Crippen molar-refractivity contribution in [3.05, 3.63) is 18.0 Å². The molecule has 0 aliphatic heterocycles. The molecular formula is C6H9N3O. The van der Waals surface area contributed by atoms with Gasteiger partial charge in [-0.25, -0.2) is 0 Å². The molecule has 0 fully saturated rings. The van der Waals surface area contributed by atoms with Crippen molar-refractivity contribution < 1.29 is 4.79 Å². The van der Waals surface area contributed by atoms with Crippen LogP contribution in [0, 0.1) is 0 Å². The number of nitrogens with zero attached hydrogens (tertiary/aromatic N) is 1. The first-order valence-corrected chi connectivity index (χ1v) is 3.02. The van der Waals surface area contributed by atoms with E-state index in [-0.39, 0.29) is 5.78 Å². The van der Waals surface area contributed by atoms with Crippen molar-refractivity contribution in [2.24, 2.45) is 0 Å². The maximum absolute atomic E-state index is 11.0. The molecule has 10 heavy (non-hydrogen) atoms. The summed E-state index contributed by atoms with van der Waals surface area (Å²) in [7, 11) is 1.73. The van der Waals surface area contributed by atoms with E-state index in [4.69, 9.17) is 0 Å². The largest absolute Gasteiger partial charge is 0.313 e. The molecule has 0 radical (unpaired) electrons. The average Bonchev–Trinajstić information content (AvgIpc) is 2.38. The second kappa shape index (κ2) is 3.12. The number of rotatable bonds is 3. The summed E-state index contributed by atoms with van der Waals surface area (Å²) < 4.78 is 0. The van der Waals surface area contributed by atoms with E-state index in [1.807, 2.05) is 0 Å². The molecule has 1 aromatic heterocycles. The van der Waals surface area contributed by atoms with E-state index in [2.05, 4.69) is 15.5 Å². The van der Waals surface area contributed by atoms with E-state index < -0.39 is 0 Å². The molecule has 0 saturated carbocycles. The third kappa shape index (κ3) is 1.41. The average molecular weight is 139 g/mol. The predicted molar refractivity (Wildman–Crippen MR) is 36.8 cm³/mol. The summed E-state index contributed by atoms with van der Waals surface area (Å²) in [5, 5.41) is 8.99. The highest BCUT2D eigenvalue weighted by molar-refractivity contribution is 5.95. The second-order valence-corrected chi connectivity index (χ2v) is 1.92. The van der Waals surface area contributed by atoms with Gasteiger partial charge in [0.25, 0.3) is 0 Å². The highest BCUT2D eigenvalue weighted by atomic mass is 16.1. The molecule has 1 rings (SSSR count). The van der Waals surface area contributed by atoms with Gasteiger partial charge in [-0.15, -0.1) is 0 Å². The highest BCUT2D eigenvalue weighted by Crippen LogP contribution is 1.90. The number of hydrogen-bond donors (Lipinski definition) is 2. The number of hydrogen-bond acceptors (Lipinski definition) is 3. The Labute approximate surface area is 58.6 Å². The van der Waals surface area contributed by atoms with Gasteiger partial charge in [0.2, 0.25) is 0 Å². The standard InChI is InChI=1S/C6H9N3O/c1-7-4-6(10)5-2-3-8-9-5/h2-3,7H,4H2,1H3,(H,8,9). The van der Waals surface area contributed by atoms with Crippen LogP contribution in [0.1, 0.15) is 10.5 Å². The van der Waals surface area contributed by atoms with Gasteiger partial charge in [-0.3, -0.25) is 9.89 Å². The minimum atomic E-state index is 0.0278. The molecule has 4 nitrogen and oxygen atoms in total. The first kappa shape index (κ1) is 6.95. The summed E-state index contributed by atoms with van der Waals surface area (Å²) >= 11 is 0. The molecule has 0 spiro atoms. The molecule has 0 amide bonds. The lowest BCUT2D eigenvalue weighted by atomic mass is 10.3. The molecule has 1 aromatic rings. The maximum Gasteiger partial charge on any atom is 0.194 e. The van der Waals surface area contributed by atoms with Gasteiger partial charge in [-0.1, -0.05) is 0 Å². The van der Waals surface area contributed by atoms with Gasteiger partial charge in [0.05, 0.1) is 6.54 Å². The summed E-state index contributed by atoms with van der Waals surface area (Å²) in [5.74, 6) is 0.0278. The van der Waals surface area contributed by atoms with Crippen LogP contribution < -0.4 is 5.32 Å². The Kier molecular flexibility index (Phi) is 2.17. The van der Waals surface area contributed by atoms with E-state index in [1.165, 1.54) is 0 Å². The zero-order valence-electron chi connectivity index (χ0n) is 5.72. The molecule has 0 unspecified atom stereocenters. The van der Waals surface area contributed by atoms with Gasteiger partial charge in [0.15, 0.2) is 5.78 Å². The van der Waals surface area contributed by atoms with E-state index in [1.54, 1.807) is 19.3 Å². The summed E-state index contributed by atoms with van der Waals surface area (Å²) in [5.41, 5.74) is 0.550. The summed E-state index contributed by atoms with van der Waals surface area (Å²) in [4.78, 5) is 11.0. The first-order valence-electron chi connectivity index (χ1n) is 3.02. The smallest absolute Gasteiger partial charge is 0.194 e. The number of carbonyl (C=O) groups is 1. The third-order valence-electron chi connectivity index (χ3n) is 1.14. The minimum absolute atomic E-state index is 0.0278. The van der Waals surface area contributed by atoms with Crippen LogP contribution in [0.25, 0.3) is 0 Å². The molecule has 0 aliphatic rings. The molecule has 0 aliphatic carbocycles. The van der Waals surface area contributed by atoms with Crippen molar-refractivity contribution in [1.82, 2.24) is 15.5 Å². The number of aromatic nitrogens is 2. The Morgan fingerprint density at radius 2 is 2.70 bits per heavy atom. The van der Waals surface area contributed by atoms with Crippen molar-refractivity contribution in [2.75, 3.05) is 13.6 Å². The second-order valence-electron chi connectivity index (χ2n) is 1.92. The van der Waals surface area contributed by atoms with Crippen LogP contribution in [0.2, 0.25) is 0 Å². The number of ketones is 1. The number of H-pyrrole nitrogens is 1. The van der Waals surface area contributed by atoms with Crippen LogP contribution in [0.5, 0.6) is 0 Å². The lowest BCUT2D eigenvalue weighted by Crippen LogP contribution is -2.18. The van der Waals surface area contributed by atoms with Crippen LogP contribution in [0.15, 0.2) is 12.3 Å². The molecule has 0 atom stereocenters. The maximum atomic E-state index is 11.0. The number of Topliss-reactive ketones (excluding diaryl/α,β-unsaturated/α-hetero) is 1. The lowest BCUT2D eigenvalue weighted by molar-refractivity contribution is 0.0989. The number of aromatic amines is 1. The van der Waals surface area contributed by atoms with Gasteiger partial charge in [-0.05, 0) is 13.1 Å². The van der Waals surface area contributed by atoms with E-state index >= 15 is 0 Å². The van der Waals surface area contributed by atoms with E-state index in [9.17, 15) is 4.79 Å². The summed E-state index contributed by atoms with van der Waals surface area (Å²) in [6, 6.07) is 1.65. The van der Waals surface area contributed by atoms with Crippen molar-refractivity contribution in [1.29, 1.82) is 0 Å². The quantitative estimate of drug-likeness (QED) is 0.571. The molecule has 1 heterocycles. The fraction of sp³-hybridized carbons (Fsp3) is 0.333. The molecule has 2 N–H and O–H groups in total. The van der Waals surface area contributed by atoms with Crippen LogP contribution in [0.3, 0.4) is 0 Å². The third-order valence-corrected chi connectivity index (χ3v) is 1.14. The normalized spacial score (nSPS) is 9.70. The van der Waals surface area contributed by atoms with E-state index in [0.29, 0.717) is 12.2 Å². The molecule has 0 saturated heterocycles. The molecule has 54 valence electrons. The fourth-order valence-corrected chi connectivity index (χ4v) is 0.667. The van der Waals surface area contributed by atoms with Gasteiger partial charge >= 0.3 is 0 Å². The van der Waals surface area contributed by atoms with Crippen LogP contribution in [-0.4, -0.2) is 29.6 Å². The predicted octanol–water partition coefficient (Wildman–Crippen LogP) is -0.188. The van der Waals surface area contributed by atoms with Crippen molar-refractivity contribution in [2.45, 2.75) is 0 Å². The topological polar surface area (TPSA) is 57.8 Å². The molecule has 0 aromatic carbocycles. The number of likely N-dealkylation sites (N-methyl/N-ethyl adjacent to an activating group) is 1. The molecular weight excluding hydrogens is 130 g/mol. The van der Waals surface area contributed by atoms with Crippen molar-refractivity contribution in [3.8, 4) is 0 Å². The molecule has 0 bridgehead atoms. The van der Waals surface area contributed by atoms with Crippen LogP contribution >= 0.6 is 0 Å². The van der Waals surface area contributed by atoms with Crippen molar-refractivity contribution in [3.63, 3.8) is 0 Å². The van der Waals surface area contributed by atoms with Gasteiger partial charge in [-0.2, -0.15) is 5.10 Å². The van der Waals surface area contributed by atoms with Gasteiger partial charge in [0.1, 0.15) is 5.69 Å². The van der Waals surface area contributed by atoms with E-state index in [0.717, 1.165) is 0 Å². The van der Waals surface area contributed by atoms with Crippen LogP contribution in [0.4, 0.5) is 0 Å². The fourth-order valence-electron chi connectivity index (χ4n) is 0.667. The Morgan fingerprint density at radius 1 is 1.90 bits per heavy atom. The number of carbonyl (C=O) groups excluding carboxylic acids is 1. The Balaban J connectivity index is 2.59. The SMILES string of the molecule is CNCC(=O)c1ccn[nH]1. The first-order chi connectivity index (χ1) is 4.84. The highest BCUT2D eigenvalue weighted by Gasteiger charge is 2.03. The van der Waals surface area contributed by atoms with Crippen LogP contribution in [-0.2, 0) is 0 Å². The van der Waals surface area contributed by atoms with Gasteiger partial charge < -0.3 is 5.32 Å². The summed E-state index contributed by atoms with van der Waals surface area (Å²) in [6.07, 6.45) is 1.56. The monoisotopic (exact) mass is 139 g/mol. The zero-order chi connectivity index (χ0) is 7.40. The Bertz CT molecular complexity index is 205. The number of nitrogens with one attached hydrogen (secondary N) is 2. The zero-order valence-corrected chi connectivity index (χ0v) is 5.72. The van der Waals surface area contributed by atoms with Gasteiger partial charge in [0, 0.05) is 6.20 Å². The molecule has 4 heteroatoms. The Morgan fingerprint density at radius 3 is 3.20 bits per heavy atom. The van der Waals surface area contributed by atoms with Crippen molar-refractivity contribution >= 4 is 5.78 Å². The lowest BCUT2D eigenvalue weighted by Gasteiger charge is -1.92. The Hall–Kier alpha value is -1.16.